The monoisotopic (exact) mass is 298 g/mol. The molecule has 0 aromatic heterocycles. The lowest BCUT2D eigenvalue weighted by Gasteiger charge is -2.02. The van der Waals surface area contributed by atoms with Gasteiger partial charge in [0, 0.05) is 16.8 Å². The van der Waals surface area contributed by atoms with Crippen LogP contribution in [0.2, 0.25) is 5.02 Å². The quantitative estimate of drug-likeness (QED) is 0.671. The second-order valence-corrected chi connectivity index (χ2v) is 4.86. The van der Waals surface area contributed by atoms with E-state index in [0.717, 1.165) is 11.1 Å². The molecule has 0 unspecified atom stereocenters. The van der Waals surface area contributed by atoms with Gasteiger partial charge in [-0.05, 0) is 36.3 Å². The smallest absolute Gasteiger partial charge is 0.267 e. The van der Waals surface area contributed by atoms with Crippen molar-refractivity contribution in [1.29, 1.82) is 0 Å². The molecule has 4 heteroatoms. The molecule has 0 saturated carbocycles. The average molecular weight is 299 g/mol. The minimum atomic E-state index is -0.290. The molecule has 2 aromatic rings. The minimum Gasteiger partial charge on any atom is -0.267 e. The lowest BCUT2D eigenvalue weighted by atomic mass is 10.1. The van der Waals surface area contributed by atoms with E-state index >= 15 is 0 Å². The number of benzene rings is 2. The standard InChI is InChI=1S/C17H15ClN2O/c1-13-9-10-15(12-16(13)18)17(21)20-19-11-5-8-14-6-3-2-4-7-14/h2-12H,1H3,(H,20,21)/b8-5+,19-11-. The highest BCUT2D eigenvalue weighted by Gasteiger charge is 2.05. The fourth-order valence-electron chi connectivity index (χ4n) is 1.66. The number of nitrogens with one attached hydrogen (secondary N) is 1. The van der Waals surface area contributed by atoms with Gasteiger partial charge in [-0.1, -0.05) is 54.1 Å². The van der Waals surface area contributed by atoms with E-state index in [0.29, 0.717) is 10.6 Å². The Hall–Kier alpha value is -2.39. The molecule has 3 nitrogen and oxygen atoms in total. The molecule has 0 radical (unpaired) electrons. The predicted molar refractivity (Wildman–Crippen MR) is 87.6 cm³/mol. The van der Waals surface area contributed by atoms with E-state index in [1.165, 1.54) is 6.21 Å². The number of rotatable bonds is 4. The SMILES string of the molecule is Cc1ccc(C(=O)N/N=C\C=C\c2ccccc2)cc1Cl. The Labute approximate surface area is 129 Å². The van der Waals surface area contributed by atoms with Crippen LogP contribution in [0.1, 0.15) is 21.5 Å². The predicted octanol–water partition coefficient (Wildman–Crippen LogP) is 4.08. The summed E-state index contributed by atoms with van der Waals surface area (Å²) >= 11 is 5.98. The van der Waals surface area contributed by atoms with Crippen molar-refractivity contribution in [2.45, 2.75) is 6.92 Å². The summed E-state index contributed by atoms with van der Waals surface area (Å²) in [5.74, 6) is -0.290. The zero-order chi connectivity index (χ0) is 15.1. The van der Waals surface area contributed by atoms with Crippen LogP contribution in [0.15, 0.2) is 59.7 Å². The van der Waals surface area contributed by atoms with Gasteiger partial charge in [0.05, 0.1) is 0 Å². The Bertz CT molecular complexity index is 678. The Morgan fingerprint density at radius 2 is 1.95 bits per heavy atom. The largest absolute Gasteiger partial charge is 0.271 e. The molecule has 0 heterocycles. The van der Waals surface area contributed by atoms with Crippen molar-refractivity contribution in [2.24, 2.45) is 5.10 Å². The van der Waals surface area contributed by atoms with Gasteiger partial charge in [-0.25, -0.2) is 5.43 Å². The zero-order valence-electron chi connectivity index (χ0n) is 11.6. The van der Waals surface area contributed by atoms with E-state index in [9.17, 15) is 4.79 Å². The Morgan fingerprint density at radius 3 is 2.67 bits per heavy atom. The van der Waals surface area contributed by atoms with Crippen LogP contribution in [-0.4, -0.2) is 12.1 Å². The van der Waals surface area contributed by atoms with Gasteiger partial charge in [-0.2, -0.15) is 5.10 Å². The van der Waals surface area contributed by atoms with Crippen LogP contribution in [0, 0.1) is 6.92 Å². The number of halogens is 1. The first-order chi connectivity index (χ1) is 10.2. The van der Waals surface area contributed by atoms with E-state index < -0.39 is 0 Å². The summed E-state index contributed by atoms with van der Waals surface area (Å²) in [6.45, 7) is 1.89. The summed E-state index contributed by atoms with van der Waals surface area (Å²) in [6, 6.07) is 15.0. The number of carbonyl (C=O) groups excluding carboxylic acids is 1. The van der Waals surface area contributed by atoms with E-state index in [-0.39, 0.29) is 5.91 Å². The maximum Gasteiger partial charge on any atom is 0.271 e. The third-order valence-electron chi connectivity index (χ3n) is 2.85. The molecular weight excluding hydrogens is 284 g/mol. The maximum absolute atomic E-state index is 11.8. The van der Waals surface area contributed by atoms with Gasteiger partial charge in [0.1, 0.15) is 0 Å². The van der Waals surface area contributed by atoms with Crippen molar-refractivity contribution >= 4 is 29.8 Å². The Morgan fingerprint density at radius 1 is 1.19 bits per heavy atom. The minimum absolute atomic E-state index is 0.290. The lowest BCUT2D eigenvalue weighted by molar-refractivity contribution is 0.0955. The van der Waals surface area contributed by atoms with Crippen molar-refractivity contribution in [3.8, 4) is 0 Å². The van der Waals surface area contributed by atoms with Crippen LogP contribution in [0.25, 0.3) is 6.08 Å². The first-order valence-corrected chi connectivity index (χ1v) is 6.86. The van der Waals surface area contributed by atoms with Crippen molar-refractivity contribution < 1.29 is 4.79 Å². The normalized spacial score (nSPS) is 11.1. The summed E-state index contributed by atoms with van der Waals surface area (Å²) in [5, 5.41) is 4.43. The van der Waals surface area contributed by atoms with Crippen LogP contribution < -0.4 is 5.43 Å². The summed E-state index contributed by atoms with van der Waals surface area (Å²) in [4.78, 5) is 11.8. The molecule has 106 valence electrons. The van der Waals surface area contributed by atoms with Gasteiger partial charge < -0.3 is 0 Å². The summed E-state index contributed by atoms with van der Waals surface area (Å²) in [5.41, 5.74) is 4.94. The van der Waals surface area contributed by atoms with Crippen molar-refractivity contribution in [3.63, 3.8) is 0 Å². The van der Waals surface area contributed by atoms with Gasteiger partial charge in [0.15, 0.2) is 0 Å². The summed E-state index contributed by atoms with van der Waals surface area (Å²) in [6.07, 6.45) is 5.19. The first-order valence-electron chi connectivity index (χ1n) is 6.48. The van der Waals surface area contributed by atoms with Crippen LogP contribution in [-0.2, 0) is 0 Å². The van der Waals surface area contributed by atoms with Gasteiger partial charge in [0.2, 0.25) is 0 Å². The molecule has 0 saturated heterocycles. The number of aryl methyl sites for hydroxylation is 1. The highest BCUT2D eigenvalue weighted by molar-refractivity contribution is 6.31. The number of nitrogens with zero attached hydrogens (tertiary/aromatic N) is 1. The zero-order valence-corrected chi connectivity index (χ0v) is 12.3. The number of hydrogen-bond donors (Lipinski definition) is 1. The average Bonchev–Trinajstić information content (AvgIpc) is 2.50. The number of amides is 1. The molecule has 0 aliphatic rings. The number of hydrogen-bond acceptors (Lipinski definition) is 2. The van der Waals surface area contributed by atoms with Crippen molar-refractivity contribution in [1.82, 2.24) is 5.43 Å². The number of carbonyl (C=O) groups is 1. The molecule has 1 amide bonds. The van der Waals surface area contributed by atoms with E-state index in [1.807, 2.05) is 43.3 Å². The van der Waals surface area contributed by atoms with E-state index in [2.05, 4.69) is 10.5 Å². The second-order valence-electron chi connectivity index (χ2n) is 4.45. The van der Waals surface area contributed by atoms with Gasteiger partial charge in [-0.15, -0.1) is 0 Å². The third-order valence-corrected chi connectivity index (χ3v) is 3.26. The topological polar surface area (TPSA) is 41.5 Å². The Kier molecular flexibility index (Phi) is 5.29. The van der Waals surface area contributed by atoms with Gasteiger partial charge in [0.25, 0.3) is 5.91 Å². The molecule has 0 aliphatic heterocycles. The highest BCUT2D eigenvalue weighted by atomic mass is 35.5. The fraction of sp³-hybridized carbons (Fsp3) is 0.0588. The van der Waals surface area contributed by atoms with Crippen LogP contribution in [0.5, 0.6) is 0 Å². The molecule has 0 spiro atoms. The first kappa shape index (κ1) is 15.0. The molecular formula is C17H15ClN2O. The fourth-order valence-corrected chi connectivity index (χ4v) is 1.84. The third kappa shape index (κ3) is 4.58. The highest BCUT2D eigenvalue weighted by Crippen LogP contribution is 2.16. The molecule has 0 bridgehead atoms. The Balaban J connectivity index is 1.90. The summed E-state index contributed by atoms with van der Waals surface area (Å²) < 4.78 is 0. The lowest BCUT2D eigenvalue weighted by Crippen LogP contribution is -2.17. The number of allylic oxidation sites excluding steroid dienone is 1. The molecule has 0 atom stereocenters. The van der Waals surface area contributed by atoms with Gasteiger partial charge >= 0.3 is 0 Å². The molecule has 2 aromatic carbocycles. The number of hydrazone groups is 1. The molecule has 1 N–H and O–H groups in total. The van der Waals surface area contributed by atoms with Crippen molar-refractivity contribution in [2.75, 3.05) is 0 Å². The van der Waals surface area contributed by atoms with E-state index in [1.54, 1.807) is 24.3 Å². The molecule has 0 aliphatic carbocycles. The van der Waals surface area contributed by atoms with Crippen LogP contribution in [0.4, 0.5) is 0 Å². The van der Waals surface area contributed by atoms with Crippen LogP contribution >= 0.6 is 11.6 Å². The molecule has 21 heavy (non-hydrogen) atoms. The summed E-state index contributed by atoms with van der Waals surface area (Å²) in [7, 11) is 0. The second kappa shape index (κ2) is 7.41. The van der Waals surface area contributed by atoms with Gasteiger partial charge in [-0.3, -0.25) is 4.79 Å². The van der Waals surface area contributed by atoms with E-state index in [4.69, 9.17) is 11.6 Å². The van der Waals surface area contributed by atoms with Crippen molar-refractivity contribution in [3.05, 3.63) is 76.3 Å². The molecule has 0 fully saturated rings. The van der Waals surface area contributed by atoms with Crippen LogP contribution in [0.3, 0.4) is 0 Å². The molecule has 2 rings (SSSR count). The maximum atomic E-state index is 11.8.